The standard InChI is InChI=1S/C31H38N4O3S/c1-4-25(23-12-8-7-9-13-23)30(37)35-18-11-17-34(19-20-35)27-16-15-24(32-29(36)28-14-10-21-39-28)22-26(27)31(38)33(5-2)6-3/h7-10,12-16,21-22,25H,4-6,11,17-20H2,1-3H3,(H,32,36)/t25-/m0/s1. The summed E-state index contributed by atoms with van der Waals surface area (Å²) in [6, 6.07) is 19.2. The maximum atomic E-state index is 13.6. The summed E-state index contributed by atoms with van der Waals surface area (Å²) in [6.07, 6.45) is 1.57. The van der Waals surface area contributed by atoms with Crippen LogP contribution in [0.5, 0.6) is 0 Å². The Hall–Kier alpha value is -3.65. The number of carbonyl (C=O) groups excluding carboxylic acids is 3. The van der Waals surface area contributed by atoms with Crippen molar-refractivity contribution in [2.24, 2.45) is 0 Å². The van der Waals surface area contributed by atoms with Crippen LogP contribution in [0.2, 0.25) is 0 Å². The molecule has 4 rings (SSSR count). The fourth-order valence-corrected chi connectivity index (χ4v) is 5.80. The number of benzene rings is 2. The Balaban J connectivity index is 1.56. The average Bonchev–Trinajstić information content (AvgIpc) is 3.40. The van der Waals surface area contributed by atoms with Crippen LogP contribution >= 0.6 is 11.3 Å². The van der Waals surface area contributed by atoms with Gasteiger partial charge in [-0.15, -0.1) is 11.3 Å². The van der Waals surface area contributed by atoms with Gasteiger partial charge in [0.1, 0.15) is 0 Å². The van der Waals surface area contributed by atoms with Crippen molar-refractivity contribution < 1.29 is 14.4 Å². The molecule has 3 aromatic rings. The van der Waals surface area contributed by atoms with Crippen molar-refractivity contribution >= 4 is 40.4 Å². The van der Waals surface area contributed by atoms with Gasteiger partial charge < -0.3 is 20.0 Å². The second kappa shape index (κ2) is 13.4. The Morgan fingerprint density at radius 1 is 0.923 bits per heavy atom. The molecule has 1 saturated heterocycles. The van der Waals surface area contributed by atoms with E-state index in [4.69, 9.17) is 0 Å². The Morgan fingerprint density at radius 3 is 2.36 bits per heavy atom. The minimum atomic E-state index is -0.188. The lowest BCUT2D eigenvalue weighted by atomic mass is 9.95. The number of carbonyl (C=O) groups is 3. The molecule has 8 heteroatoms. The third-order valence-corrected chi connectivity index (χ3v) is 8.21. The maximum absolute atomic E-state index is 13.6. The average molecular weight is 547 g/mol. The van der Waals surface area contributed by atoms with Gasteiger partial charge in [0.05, 0.1) is 16.4 Å². The summed E-state index contributed by atoms with van der Waals surface area (Å²) >= 11 is 1.38. The Kier molecular flexibility index (Phi) is 9.76. The maximum Gasteiger partial charge on any atom is 0.265 e. The third-order valence-electron chi connectivity index (χ3n) is 7.34. The van der Waals surface area contributed by atoms with Gasteiger partial charge in [0, 0.05) is 50.6 Å². The highest BCUT2D eigenvalue weighted by Crippen LogP contribution is 2.29. The van der Waals surface area contributed by atoms with Crippen molar-refractivity contribution in [2.75, 3.05) is 49.5 Å². The molecule has 39 heavy (non-hydrogen) atoms. The van der Waals surface area contributed by atoms with Crippen LogP contribution in [-0.4, -0.2) is 66.8 Å². The first-order chi connectivity index (χ1) is 19.0. The molecule has 1 fully saturated rings. The summed E-state index contributed by atoms with van der Waals surface area (Å²) in [4.78, 5) is 46.4. The monoisotopic (exact) mass is 546 g/mol. The molecule has 3 amide bonds. The van der Waals surface area contributed by atoms with E-state index in [1.54, 1.807) is 17.0 Å². The molecule has 7 nitrogen and oxygen atoms in total. The van der Waals surface area contributed by atoms with E-state index in [0.717, 1.165) is 30.6 Å². The van der Waals surface area contributed by atoms with Gasteiger partial charge in [0.25, 0.3) is 11.8 Å². The lowest BCUT2D eigenvalue weighted by Crippen LogP contribution is -2.38. The summed E-state index contributed by atoms with van der Waals surface area (Å²) in [7, 11) is 0. The third kappa shape index (κ3) is 6.68. The summed E-state index contributed by atoms with van der Waals surface area (Å²) in [5.74, 6) is -0.234. The molecule has 0 aliphatic carbocycles. The zero-order valence-electron chi connectivity index (χ0n) is 23.1. The van der Waals surface area contributed by atoms with Crippen molar-refractivity contribution in [2.45, 2.75) is 39.5 Å². The van der Waals surface area contributed by atoms with E-state index in [2.05, 4.69) is 17.1 Å². The van der Waals surface area contributed by atoms with Gasteiger partial charge in [-0.3, -0.25) is 14.4 Å². The topological polar surface area (TPSA) is 73.0 Å². The SMILES string of the molecule is CC[C@H](C(=O)N1CCCN(c2ccc(NC(=O)c3cccs3)cc2C(=O)N(CC)CC)CC1)c1ccccc1. The molecule has 206 valence electrons. The van der Waals surface area contributed by atoms with E-state index < -0.39 is 0 Å². The van der Waals surface area contributed by atoms with E-state index in [-0.39, 0.29) is 23.6 Å². The van der Waals surface area contributed by atoms with Gasteiger partial charge in [0.15, 0.2) is 0 Å². The van der Waals surface area contributed by atoms with Gasteiger partial charge in [-0.1, -0.05) is 43.3 Å². The minimum Gasteiger partial charge on any atom is -0.369 e. The highest BCUT2D eigenvalue weighted by atomic mass is 32.1. The molecule has 2 aromatic carbocycles. The molecule has 1 N–H and O–H groups in total. The van der Waals surface area contributed by atoms with Crippen LogP contribution < -0.4 is 10.2 Å². The number of rotatable bonds is 9. The van der Waals surface area contributed by atoms with E-state index in [9.17, 15) is 14.4 Å². The van der Waals surface area contributed by atoms with Crippen LogP contribution in [0.25, 0.3) is 0 Å². The fraction of sp³-hybridized carbons (Fsp3) is 0.387. The lowest BCUT2D eigenvalue weighted by molar-refractivity contribution is -0.132. The van der Waals surface area contributed by atoms with Gasteiger partial charge >= 0.3 is 0 Å². The van der Waals surface area contributed by atoms with Gasteiger partial charge in [-0.2, -0.15) is 0 Å². The number of anilines is 2. The van der Waals surface area contributed by atoms with E-state index in [1.807, 2.05) is 72.7 Å². The molecule has 1 aliphatic heterocycles. The number of nitrogens with one attached hydrogen (secondary N) is 1. The van der Waals surface area contributed by atoms with Crippen LogP contribution in [0.1, 0.15) is 65.1 Å². The normalized spacial score (nSPS) is 14.4. The number of hydrogen-bond acceptors (Lipinski definition) is 5. The Labute approximate surface area is 235 Å². The second-order valence-corrected chi connectivity index (χ2v) is 10.6. The first-order valence-corrected chi connectivity index (χ1v) is 14.7. The highest BCUT2D eigenvalue weighted by Gasteiger charge is 2.28. The lowest BCUT2D eigenvalue weighted by Gasteiger charge is -2.29. The summed E-state index contributed by atoms with van der Waals surface area (Å²) in [5.41, 5.74) is 3.05. The van der Waals surface area contributed by atoms with Crippen molar-refractivity contribution in [1.29, 1.82) is 0 Å². The smallest absolute Gasteiger partial charge is 0.265 e. The molecule has 0 radical (unpaired) electrons. The first kappa shape index (κ1) is 28.4. The van der Waals surface area contributed by atoms with Crippen molar-refractivity contribution in [3.8, 4) is 0 Å². The number of nitrogens with zero attached hydrogens (tertiary/aromatic N) is 3. The molecule has 0 unspecified atom stereocenters. The van der Waals surface area contributed by atoms with E-state index >= 15 is 0 Å². The molecule has 0 bridgehead atoms. The largest absolute Gasteiger partial charge is 0.369 e. The molecule has 1 atom stereocenters. The molecule has 0 saturated carbocycles. The number of hydrogen-bond donors (Lipinski definition) is 1. The molecule has 1 aliphatic rings. The van der Waals surface area contributed by atoms with Crippen molar-refractivity contribution in [3.63, 3.8) is 0 Å². The Morgan fingerprint density at radius 2 is 1.69 bits per heavy atom. The second-order valence-electron chi connectivity index (χ2n) is 9.68. The zero-order valence-corrected chi connectivity index (χ0v) is 23.9. The molecule has 1 aromatic heterocycles. The molecular weight excluding hydrogens is 508 g/mol. The van der Waals surface area contributed by atoms with Crippen LogP contribution in [0, 0.1) is 0 Å². The number of amides is 3. The van der Waals surface area contributed by atoms with E-state index in [1.165, 1.54) is 11.3 Å². The van der Waals surface area contributed by atoms with Crippen LogP contribution in [-0.2, 0) is 4.79 Å². The summed E-state index contributed by atoms with van der Waals surface area (Å²) < 4.78 is 0. The van der Waals surface area contributed by atoms with Crippen LogP contribution in [0.4, 0.5) is 11.4 Å². The molecular formula is C31H38N4O3S. The van der Waals surface area contributed by atoms with Crippen molar-refractivity contribution in [3.05, 3.63) is 82.0 Å². The van der Waals surface area contributed by atoms with Crippen LogP contribution in [0.15, 0.2) is 66.0 Å². The van der Waals surface area contributed by atoms with Crippen molar-refractivity contribution in [1.82, 2.24) is 9.80 Å². The highest BCUT2D eigenvalue weighted by molar-refractivity contribution is 7.12. The van der Waals surface area contributed by atoms with Crippen LogP contribution in [0.3, 0.4) is 0 Å². The summed E-state index contributed by atoms with van der Waals surface area (Å²) in [6.45, 7) is 9.85. The fourth-order valence-electron chi connectivity index (χ4n) is 5.18. The predicted octanol–water partition coefficient (Wildman–Crippen LogP) is 5.71. The van der Waals surface area contributed by atoms with Gasteiger partial charge in [-0.25, -0.2) is 0 Å². The molecule has 2 heterocycles. The minimum absolute atomic E-state index is 0.0606. The summed E-state index contributed by atoms with van der Waals surface area (Å²) in [5, 5.41) is 4.81. The van der Waals surface area contributed by atoms with E-state index in [0.29, 0.717) is 48.9 Å². The predicted molar refractivity (Wildman–Crippen MR) is 159 cm³/mol. The van der Waals surface area contributed by atoms with Gasteiger partial charge in [0.2, 0.25) is 5.91 Å². The first-order valence-electron chi connectivity index (χ1n) is 13.8. The number of thiophene rings is 1. The van der Waals surface area contributed by atoms with Gasteiger partial charge in [-0.05, 0) is 61.9 Å². The Bertz CT molecular complexity index is 1260. The molecule has 0 spiro atoms. The zero-order chi connectivity index (χ0) is 27.8. The quantitative estimate of drug-likeness (QED) is 0.373.